The van der Waals surface area contributed by atoms with Gasteiger partial charge in [0.2, 0.25) is 0 Å². The van der Waals surface area contributed by atoms with Crippen molar-refractivity contribution >= 4 is 16.7 Å². The molecular weight excluding hydrogens is 308 g/mol. The number of nitrogens with zero attached hydrogens (tertiary/aromatic N) is 4. The van der Waals surface area contributed by atoms with E-state index in [1.165, 1.54) is 0 Å². The first kappa shape index (κ1) is 13.9. The van der Waals surface area contributed by atoms with Gasteiger partial charge in [-0.3, -0.25) is 4.40 Å². The fourth-order valence-electron chi connectivity index (χ4n) is 3.19. The number of rotatable bonds is 2. The molecule has 0 aliphatic carbocycles. The Morgan fingerprint density at radius 1 is 0.640 bits per heavy atom. The van der Waals surface area contributed by atoms with Gasteiger partial charge in [0.05, 0.1) is 0 Å². The van der Waals surface area contributed by atoms with Crippen molar-refractivity contribution in [3.8, 4) is 22.5 Å². The van der Waals surface area contributed by atoms with E-state index in [0.29, 0.717) is 0 Å². The van der Waals surface area contributed by atoms with E-state index < -0.39 is 0 Å². The van der Waals surface area contributed by atoms with Crippen LogP contribution in [0.5, 0.6) is 0 Å². The molecule has 0 atom stereocenters. The van der Waals surface area contributed by atoms with Crippen LogP contribution in [0, 0.1) is 0 Å². The van der Waals surface area contributed by atoms with Gasteiger partial charge >= 0.3 is 0 Å². The van der Waals surface area contributed by atoms with Crippen molar-refractivity contribution in [3.05, 3.63) is 85.1 Å². The van der Waals surface area contributed by atoms with Crippen LogP contribution in [0.3, 0.4) is 0 Å². The second-order valence-electron chi connectivity index (χ2n) is 5.89. The third-order valence-electron chi connectivity index (χ3n) is 4.35. The molecule has 0 radical (unpaired) electrons. The molecule has 2 aromatic carbocycles. The van der Waals surface area contributed by atoms with Gasteiger partial charge in [-0.25, -0.2) is 4.98 Å². The molecular formula is C21H14N4. The lowest BCUT2D eigenvalue weighted by Crippen LogP contribution is -1.96. The van der Waals surface area contributed by atoms with Crippen molar-refractivity contribution in [1.82, 2.24) is 19.6 Å². The molecule has 25 heavy (non-hydrogen) atoms. The molecule has 0 aliphatic heterocycles. The summed E-state index contributed by atoms with van der Waals surface area (Å²) in [6.07, 6.45) is 1.80. The molecule has 0 saturated carbocycles. The quantitative estimate of drug-likeness (QED) is 0.476. The molecule has 3 heterocycles. The molecule has 5 rings (SSSR count). The van der Waals surface area contributed by atoms with Crippen molar-refractivity contribution in [2.45, 2.75) is 0 Å². The Labute approximate surface area is 144 Å². The minimum Gasteiger partial charge on any atom is -0.258 e. The van der Waals surface area contributed by atoms with E-state index in [4.69, 9.17) is 0 Å². The second-order valence-corrected chi connectivity index (χ2v) is 5.89. The van der Waals surface area contributed by atoms with E-state index in [0.717, 1.165) is 39.2 Å². The molecule has 118 valence electrons. The van der Waals surface area contributed by atoms with Gasteiger partial charge in [-0.2, -0.15) is 0 Å². The van der Waals surface area contributed by atoms with Crippen molar-refractivity contribution in [3.63, 3.8) is 0 Å². The van der Waals surface area contributed by atoms with E-state index in [1.807, 2.05) is 59.0 Å². The number of aromatic nitrogens is 4. The summed E-state index contributed by atoms with van der Waals surface area (Å²) < 4.78 is 2.05. The van der Waals surface area contributed by atoms with E-state index in [1.54, 1.807) is 6.20 Å². The zero-order valence-electron chi connectivity index (χ0n) is 13.4. The lowest BCUT2D eigenvalue weighted by Gasteiger charge is -2.09. The Morgan fingerprint density at radius 2 is 1.36 bits per heavy atom. The van der Waals surface area contributed by atoms with Crippen molar-refractivity contribution in [2.24, 2.45) is 0 Å². The molecule has 0 bridgehead atoms. The number of hydrogen-bond donors (Lipinski definition) is 0. The number of pyridine rings is 2. The van der Waals surface area contributed by atoms with E-state index in [-0.39, 0.29) is 0 Å². The van der Waals surface area contributed by atoms with E-state index in [2.05, 4.69) is 39.4 Å². The van der Waals surface area contributed by atoms with Gasteiger partial charge in [-0.05, 0) is 23.8 Å². The first-order chi connectivity index (χ1) is 12.4. The SMILES string of the molecule is c1ccc(-c2cc3cccnc3n3c(-c4ccccc4)nnc23)cc1. The molecule has 5 aromatic rings. The Bertz CT molecular complexity index is 1180. The highest BCUT2D eigenvalue weighted by molar-refractivity contribution is 5.91. The molecule has 4 nitrogen and oxygen atoms in total. The van der Waals surface area contributed by atoms with E-state index >= 15 is 0 Å². The van der Waals surface area contributed by atoms with Crippen LogP contribution in [0.2, 0.25) is 0 Å². The van der Waals surface area contributed by atoms with Crippen LogP contribution in [0.1, 0.15) is 0 Å². The molecule has 0 aliphatic rings. The minimum absolute atomic E-state index is 0.803. The zero-order chi connectivity index (χ0) is 16.6. The third kappa shape index (κ3) is 2.19. The zero-order valence-corrected chi connectivity index (χ0v) is 13.4. The second kappa shape index (κ2) is 5.53. The highest BCUT2D eigenvalue weighted by Gasteiger charge is 2.16. The molecule has 0 amide bonds. The average Bonchev–Trinajstić information content (AvgIpc) is 3.14. The van der Waals surface area contributed by atoms with Crippen molar-refractivity contribution in [1.29, 1.82) is 0 Å². The van der Waals surface area contributed by atoms with Gasteiger partial charge in [-0.15, -0.1) is 10.2 Å². The number of benzene rings is 2. The number of hydrogen-bond acceptors (Lipinski definition) is 3. The standard InChI is InChI=1S/C21H14N4/c1-3-8-15(9-4-1)18-14-17-12-7-13-22-19(17)25-20(23-24-21(18)25)16-10-5-2-6-11-16/h1-14H. The lowest BCUT2D eigenvalue weighted by atomic mass is 10.1. The molecule has 0 spiro atoms. The molecule has 0 fully saturated rings. The highest BCUT2D eigenvalue weighted by Crippen LogP contribution is 2.30. The van der Waals surface area contributed by atoms with Crippen LogP contribution in [-0.4, -0.2) is 19.6 Å². The van der Waals surface area contributed by atoms with Gasteiger partial charge in [0.1, 0.15) is 5.65 Å². The topological polar surface area (TPSA) is 43.1 Å². The lowest BCUT2D eigenvalue weighted by molar-refractivity contribution is 1.11. The summed E-state index contributed by atoms with van der Waals surface area (Å²) in [7, 11) is 0. The summed E-state index contributed by atoms with van der Waals surface area (Å²) in [4.78, 5) is 4.59. The van der Waals surface area contributed by atoms with E-state index in [9.17, 15) is 0 Å². The van der Waals surface area contributed by atoms with Crippen molar-refractivity contribution < 1.29 is 0 Å². The van der Waals surface area contributed by atoms with Crippen molar-refractivity contribution in [2.75, 3.05) is 0 Å². The van der Waals surface area contributed by atoms with Crippen LogP contribution in [0.4, 0.5) is 0 Å². The maximum atomic E-state index is 4.59. The largest absolute Gasteiger partial charge is 0.258 e. The molecule has 0 saturated heterocycles. The van der Waals surface area contributed by atoms with Gasteiger partial charge in [-0.1, -0.05) is 60.7 Å². The predicted molar refractivity (Wildman–Crippen MR) is 99.2 cm³/mol. The molecule has 4 heteroatoms. The Kier molecular flexibility index (Phi) is 3.07. The third-order valence-corrected chi connectivity index (χ3v) is 4.35. The van der Waals surface area contributed by atoms with Gasteiger partial charge in [0, 0.05) is 22.7 Å². The summed E-state index contributed by atoms with van der Waals surface area (Å²) in [5, 5.41) is 10.0. The Morgan fingerprint density at radius 3 is 2.12 bits per heavy atom. The fourth-order valence-corrected chi connectivity index (χ4v) is 3.19. The smallest absolute Gasteiger partial charge is 0.170 e. The summed E-state index contributed by atoms with van der Waals surface area (Å²) in [5.41, 5.74) is 4.87. The monoisotopic (exact) mass is 322 g/mol. The Balaban J connectivity index is 1.93. The van der Waals surface area contributed by atoms with Gasteiger partial charge in [0.25, 0.3) is 0 Å². The maximum absolute atomic E-state index is 4.59. The summed E-state index contributed by atoms with van der Waals surface area (Å²) in [6, 6.07) is 26.5. The van der Waals surface area contributed by atoms with Gasteiger partial charge in [0.15, 0.2) is 11.5 Å². The highest BCUT2D eigenvalue weighted by atomic mass is 15.3. The normalized spacial score (nSPS) is 11.2. The average molecular weight is 322 g/mol. The molecule has 0 unspecified atom stereocenters. The van der Waals surface area contributed by atoms with Crippen LogP contribution in [-0.2, 0) is 0 Å². The van der Waals surface area contributed by atoms with Crippen LogP contribution in [0.25, 0.3) is 39.2 Å². The molecule has 0 N–H and O–H groups in total. The Hall–Kier alpha value is -3.53. The maximum Gasteiger partial charge on any atom is 0.170 e. The van der Waals surface area contributed by atoms with Crippen LogP contribution < -0.4 is 0 Å². The predicted octanol–water partition coefficient (Wildman–Crippen LogP) is 4.61. The summed E-state index contributed by atoms with van der Waals surface area (Å²) in [5.74, 6) is 0.803. The van der Waals surface area contributed by atoms with Crippen LogP contribution in [0.15, 0.2) is 85.1 Å². The summed E-state index contributed by atoms with van der Waals surface area (Å²) >= 11 is 0. The first-order valence-electron chi connectivity index (χ1n) is 8.15. The summed E-state index contributed by atoms with van der Waals surface area (Å²) in [6.45, 7) is 0. The minimum atomic E-state index is 0.803. The number of fused-ring (bicyclic) bond motifs is 3. The fraction of sp³-hybridized carbons (Fsp3) is 0. The van der Waals surface area contributed by atoms with Crippen LogP contribution >= 0.6 is 0 Å². The first-order valence-corrected chi connectivity index (χ1v) is 8.15. The van der Waals surface area contributed by atoms with Gasteiger partial charge < -0.3 is 0 Å². The molecule has 3 aromatic heterocycles.